The number of hydrogen-bond acceptors (Lipinski definition) is 2. The van der Waals surface area contributed by atoms with E-state index in [4.69, 9.17) is 0 Å². The molecule has 1 aromatic rings. The smallest absolute Gasteiger partial charge is 0.150 e. The van der Waals surface area contributed by atoms with E-state index < -0.39 is 0 Å². The lowest BCUT2D eigenvalue weighted by Crippen LogP contribution is -1.95. The van der Waals surface area contributed by atoms with Crippen LogP contribution in [0.3, 0.4) is 0 Å². The van der Waals surface area contributed by atoms with Crippen molar-refractivity contribution in [2.45, 2.75) is 77.6 Å². The molecule has 0 fully saturated rings. The van der Waals surface area contributed by atoms with Crippen molar-refractivity contribution >= 4 is 12.6 Å². The van der Waals surface area contributed by atoms with Crippen LogP contribution in [0.1, 0.15) is 97.4 Å². The Hall–Kier alpha value is -1.44. The second-order valence-corrected chi connectivity index (χ2v) is 6.13. The first-order valence-electron chi connectivity index (χ1n) is 8.85. The zero-order valence-electron chi connectivity index (χ0n) is 14.0. The molecule has 0 aliphatic heterocycles. The molecule has 0 saturated carbocycles. The lowest BCUT2D eigenvalue weighted by atomic mass is 9.99. The Balaban J connectivity index is 2.14. The van der Waals surface area contributed by atoms with Crippen LogP contribution in [-0.2, 0) is 6.42 Å². The van der Waals surface area contributed by atoms with Gasteiger partial charge in [0.15, 0.2) is 0 Å². The number of aldehydes is 2. The van der Waals surface area contributed by atoms with Crippen LogP contribution in [0.2, 0.25) is 0 Å². The standard InChI is InChI=1S/C20H30O2/c1-2-3-4-5-6-7-8-9-10-11-12-19-15-18(16-21)13-14-20(19)17-22/h13-17H,2-12H2,1H3. The first kappa shape index (κ1) is 18.6. The highest BCUT2D eigenvalue weighted by Crippen LogP contribution is 2.15. The maximum absolute atomic E-state index is 11.0. The zero-order chi connectivity index (χ0) is 16.0. The average Bonchev–Trinajstić information content (AvgIpc) is 2.56. The number of benzene rings is 1. The Labute approximate surface area is 135 Å². The number of carbonyl (C=O) groups excluding carboxylic acids is 2. The Morgan fingerprint density at radius 1 is 0.773 bits per heavy atom. The summed E-state index contributed by atoms with van der Waals surface area (Å²) in [7, 11) is 0. The van der Waals surface area contributed by atoms with Crippen molar-refractivity contribution in [2.24, 2.45) is 0 Å². The molecule has 122 valence electrons. The summed E-state index contributed by atoms with van der Waals surface area (Å²) >= 11 is 0. The van der Waals surface area contributed by atoms with Crippen molar-refractivity contribution in [3.8, 4) is 0 Å². The summed E-state index contributed by atoms with van der Waals surface area (Å²) < 4.78 is 0. The van der Waals surface area contributed by atoms with Crippen molar-refractivity contribution in [2.75, 3.05) is 0 Å². The molecule has 0 aromatic heterocycles. The Kier molecular flexibility index (Phi) is 10.3. The van der Waals surface area contributed by atoms with E-state index in [0.717, 1.165) is 36.5 Å². The first-order valence-corrected chi connectivity index (χ1v) is 8.85. The lowest BCUT2D eigenvalue weighted by molar-refractivity contribution is 0.111. The highest BCUT2D eigenvalue weighted by atomic mass is 16.1. The van der Waals surface area contributed by atoms with Gasteiger partial charge in [0.05, 0.1) is 0 Å². The van der Waals surface area contributed by atoms with E-state index in [1.807, 2.05) is 6.07 Å². The predicted molar refractivity (Wildman–Crippen MR) is 92.8 cm³/mol. The van der Waals surface area contributed by atoms with Gasteiger partial charge in [-0.25, -0.2) is 0 Å². The molecule has 0 bridgehead atoms. The molecular weight excluding hydrogens is 272 g/mol. The topological polar surface area (TPSA) is 34.1 Å². The molecule has 0 spiro atoms. The van der Waals surface area contributed by atoms with Crippen LogP contribution in [-0.4, -0.2) is 12.6 Å². The maximum Gasteiger partial charge on any atom is 0.150 e. The molecule has 0 atom stereocenters. The quantitative estimate of drug-likeness (QED) is 0.342. The molecule has 22 heavy (non-hydrogen) atoms. The molecule has 2 nitrogen and oxygen atoms in total. The number of unbranched alkanes of at least 4 members (excludes halogenated alkanes) is 9. The largest absolute Gasteiger partial charge is 0.298 e. The maximum atomic E-state index is 11.0. The highest BCUT2D eigenvalue weighted by Gasteiger charge is 2.03. The van der Waals surface area contributed by atoms with Crippen LogP contribution in [0.5, 0.6) is 0 Å². The van der Waals surface area contributed by atoms with Gasteiger partial charge in [0, 0.05) is 11.1 Å². The molecule has 0 radical (unpaired) electrons. The minimum Gasteiger partial charge on any atom is -0.298 e. The van der Waals surface area contributed by atoms with E-state index in [1.165, 1.54) is 57.8 Å². The molecular formula is C20H30O2. The van der Waals surface area contributed by atoms with E-state index in [-0.39, 0.29) is 0 Å². The normalized spacial score (nSPS) is 10.6. The van der Waals surface area contributed by atoms with Gasteiger partial charge < -0.3 is 0 Å². The molecule has 1 rings (SSSR count). The molecule has 0 unspecified atom stereocenters. The van der Waals surface area contributed by atoms with E-state index in [9.17, 15) is 9.59 Å². The van der Waals surface area contributed by atoms with E-state index in [0.29, 0.717) is 5.56 Å². The monoisotopic (exact) mass is 302 g/mol. The molecule has 0 amide bonds. The Morgan fingerprint density at radius 3 is 1.91 bits per heavy atom. The summed E-state index contributed by atoms with van der Waals surface area (Å²) in [4.78, 5) is 21.8. The summed E-state index contributed by atoms with van der Waals surface area (Å²) in [5.74, 6) is 0. The predicted octanol–water partition coefficient (Wildman–Crippen LogP) is 5.78. The van der Waals surface area contributed by atoms with Crippen molar-refractivity contribution in [3.05, 3.63) is 34.9 Å². The number of aryl methyl sites for hydroxylation is 1. The van der Waals surface area contributed by atoms with Gasteiger partial charge in [0.25, 0.3) is 0 Å². The third kappa shape index (κ3) is 7.53. The summed E-state index contributed by atoms with van der Waals surface area (Å²) in [5.41, 5.74) is 2.40. The van der Waals surface area contributed by atoms with Gasteiger partial charge in [0.2, 0.25) is 0 Å². The summed E-state index contributed by atoms with van der Waals surface area (Å²) in [5, 5.41) is 0. The number of rotatable bonds is 13. The van der Waals surface area contributed by atoms with Gasteiger partial charge in [-0.05, 0) is 24.5 Å². The van der Waals surface area contributed by atoms with E-state index in [1.54, 1.807) is 12.1 Å². The van der Waals surface area contributed by atoms with Crippen molar-refractivity contribution in [1.82, 2.24) is 0 Å². The third-order valence-corrected chi connectivity index (χ3v) is 4.23. The van der Waals surface area contributed by atoms with Gasteiger partial charge in [0.1, 0.15) is 12.6 Å². The third-order valence-electron chi connectivity index (χ3n) is 4.23. The van der Waals surface area contributed by atoms with Crippen molar-refractivity contribution < 1.29 is 9.59 Å². The molecule has 0 saturated heterocycles. The number of hydrogen-bond donors (Lipinski definition) is 0. The molecule has 0 aliphatic carbocycles. The fourth-order valence-electron chi connectivity index (χ4n) is 2.83. The molecule has 1 aromatic carbocycles. The summed E-state index contributed by atoms with van der Waals surface area (Å²) in [6, 6.07) is 5.31. The van der Waals surface area contributed by atoms with Crippen LogP contribution in [0.15, 0.2) is 18.2 Å². The van der Waals surface area contributed by atoms with Crippen LogP contribution in [0.4, 0.5) is 0 Å². The number of carbonyl (C=O) groups is 2. The first-order chi connectivity index (χ1) is 10.8. The van der Waals surface area contributed by atoms with Gasteiger partial charge in [-0.2, -0.15) is 0 Å². The second-order valence-electron chi connectivity index (χ2n) is 6.13. The van der Waals surface area contributed by atoms with Crippen LogP contribution < -0.4 is 0 Å². The summed E-state index contributed by atoms with van der Waals surface area (Å²) in [6.07, 6.45) is 15.7. The van der Waals surface area contributed by atoms with E-state index >= 15 is 0 Å². The molecule has 2 heteroatoms. The highest BCUT2D eigenvalue weighted by molar-refractivity contribution is 5.81. The van der Waals surface area contributed by atoms with Gasteiger partial charge >= 0.3 is 0 Å². The van der Waals surface area contributed by atoms with Crippen molar-refractivity contribution in [3.63, 3.8) is 0 Å². The van der Waals surface area contributed by atoms with E-state index in [2.05, 4.69) is 6.92 Å². The average molecular weight is 302 g/mol. The molecule has 0 aliphatic rings. The molecule has 0 N–H and O–H groups in total. The van der Waals surface area contributed by atoms with Crippen LogP contribution in [0, 0.1) is 0 Å². The lowest BCUT2D eigenvalue weighted by Gasteiger charge is -2.06. The van der Waals surface area contributed by atoms with Crippen LogP contribution >= 0.6 is 0 Å². The fourth-order valence-corrected chi connectivity index (χ4v) is 2.83. The summed E-state index contributed by atoms with van der Waals surface area (Å²) in [6.45, 7) is 2.25. The minimum atomic E-state index is 0.660. The van der Waals surface area contributed by atoms with Gasteiger partial charge in [-0.3, -0.25) is 9.59 Å². The molecule has 0 heterocycles. The Bertz CT molecular complexity index is 437. The van der Waals surface area contributed by atoms with Gasteiger partial charge in [-0.1, -0.05) is 76.8 Å². The SMILES string of the molecule is CCCCCCCCCCCCc1cc(C=O)ccc1C=O. The Morgan fingerprint density at radius 2 is 1.36 bits per heavy atom. The zero-order valence-corrected chi connectivity index (χ0v) is 14.0. The minimum absolute atomic E-state index is 0.660. The van der Waals surface area contributed by atoms with Gasteiger partial charge in [-0.15, -0.1) is 0 Å². The fraction of sp³-hybridized carbons (Fsp3) is 0.600. The van der Waals surface area contributed by atoms with Crippen molar-refractivity contribution in [1.29, 1.82) is 0 Å². The second kappa shape index (κ2) is 12.1. The van der Waals surface area contributed by atoms with Crippen LogP contribution in [0.25, 0.3) is 0 Å².